The molecule has 0 saturated carbocycles. The van der Waals surface area contributed by atoms with Crippen LogP contribution in [0.25, 0.3) is 0 Å². The van der Waals surface area contributed by atoms with Crippen molar-refractivity contribution < 1.29 is 18.7 Å². The smallest absolute Gasteiger partial charge is 0.322 e. The van der Waals surface area contributed by atoms with Crippen molar-refractivity contribution in [2.45, 2.75) is 12.8 Å². The van der Waals surface area contributed by atoms with Gasteiger partial charge in [0.15, 0.2) is 0 Å². The molecule has 0 unspecified atom stereocenters. The molecule has 3 aromatic rings. The van der Waals surface area contributed by atoms with E-state index in [1.165, 1.54) is 23.7 Å². The fourth-order valence-corrected chi connectivity index (χ4v) is 4.37. The first-order chi connectivity index (χ1) is 16.1. The van der Waals surface area contributed by atoms with Crippen molar-refractivity contribution in [3.05, 3.63) is 59.7 Å². The Morgan fingerprint density at radius 2 is 1.91 bits per heavy atom. The molecule has 1 aromatic heterocycles. The van der Waals surface area contributed by atoms with E-state index >= 15 is 0 Å². The highest BCUT2D eigenvalue weighted by molar-refractivity contribution is 7.09. The Morgan fingerprint density at radius 1 is 1.09 bits per heavy atom. The van der Waals surface area contributed by atoms with Crippen LogP contribution >= 0.6 is 11.5 Å². The van der Waals surface area contributed by atoms with Crippen molar-refractivity contribution in [1.29, 1.82) is 0 Å². The number of methoxy groups -OCH3 is 2. The fraction of sp³-hybridized carbons (Fsp3) is 0.348. The second-order valence-electron chi connectivity index (χ2n) is 7.62. The van der Waals surface area contributed by atoms with Crippen LogP contribution in [0.15, 0.2) is 42.5 Å². The van der Waals surface area contributed by atoms with Crippen LogP contribution < -0.4 is 19.7 Å². The molecule has 1 N–H and O–H groups in total. The highest BCUT2D eigenvalue weighted by atomic mass is 32.1. The van der Waals surface area contributed by atoms with Crippen LogP contribution in [0.1, 0.15) is 17.8 Å². The maximum absolute atomic E-state index is 13.1. The summed E-state index contributed by atoms with van der Waals surface area (Å²) < 4.78 is 28.2. The summed E-state index contributed by atoms with van der Waals surface area (Å²) in [5.74, 6) is 1.66. The van der Waals surface area contributed by atoms with Crippen LogP contribution in [-0.2, 0) is 6.42 Å². The average molecular weight is 472 g/mol. The molecule has 10 heteroatoms. The third-order valence-electron chi connectivity index (χ3n) is 5.44. The first-order valence-electron chi connectivity index (χ1n) is 10.7. The molecule has 4 rings (SSSR count). The number of hydrogen-bond acceptors (Lipinski definition) is 7. The minimum atomic E-state index is -0.255. The summed E-state index contributed by atoms with van der Waals surface area (Å²) >= 11 is 1.35. The summed E-state index contributed by atoms with van der Waals surface area (Å²) in [4.78, 5) is 21.5. The van der Waals surface area contributed by atoms with Gasteiger partial charge in [0.05, 0.1) is 19.9 Å². The van der Waals surface area contributed by atoms with E-state index in [0.717, 1.165) is 23.7 Å². The molecule has 0 radical (unpaired) electrons. The number of carbonyl (C=O) groups excluding carboxylic acids is 1. The van der Waals surface area contributed by atoms with Crippen molar-refractivity contribution >= 4 is 28.4 Å². The van der Waals surface area contributed by atoms with Gasteiger partial charge < -0.3 is 24.6 Å². The normalized spacial score (nSPS) is 14.0. The van der Waals surface area contributed by atoms with Crippen molar-refractivity contribution in [1.82, 2.24) is 14.3 Å². The van der Waals surface area contributed by atoms with Gasteiger partial charge in [-0.2, -0.15) is 4.37 Å². The number of amides is 2. The molecule has 33 heavy (non-hydrogen) atoms. The molecule has 8 nitrogen and oxygen atoms in total. The lowest BCUT2D eigenvalue weighted by Crippen LogP contribution is -2.38. The molecule has 1 saturated heterocycles. The second kappa shape index (κ2) is 10.5. The van der Waals surface area contributed by atoms with E-state index in [-0.39, 0.29) is 11.8 Å². The highest BCUT2D eigenvalue weighted by Gasteiger charge is 2.22. The Kier molecular flexibility index (Phi) is 7.23. The number of ether oxygens (including phenoxy) is 2. The van der Waals surface area contributed by atoms with Crippen molar-refractivity contribution in [2.75, 3.05) is 50.6 Å². The molecule has 2 amide bonds. The Balaban J connectivity index is 1.35. The van der Waals surface area contributed by atoms with Crippen LogP contribution in [0.2, 0.25) is 0 Å². The lowest BCUT2D eigenvalue weighted by atomic mass is 10.1. The molecule has 174 valence electrons. The molecule has 2 aromatic carbocycles. The van der Waals surface area contributed by atoms with Crippen molar-refractivity contribution in [3.8, 4) is 11.5 Å². The van der Waals surface area contributed by atoms with E-state index in [9.17, 15) is 9.18 Å². The molecule has 2 heterocycles. The third-order valence-corrected chi connectivity index (χ3v) is 6.25. The lowest BCUT2D eigenvalue weighted by molar-refractivity contribution is 0.215. The molecular formula is C23H26FN5O3S. The molecule has 0 atom stereocenters. The van der Waals surface area contributed by atoms with Crippen LogP contribution in [0.5, 0.6) is 11.5 Å². The summed E-state index contributed by atoms with van der Waals surface area (Å²) in [6, 6.07) is 11.5. The highest BCUT2D eigenvalue weighted by Crippen LogP contribution is 2.29. The lowest BCUT2D eigenvalue weighted by Gasteiger charge is -2.22. The summed E-state index contributed by atoms with van der Waals surface area (Å²) in [5.41, 5.74) is 1.56. The van der Waals surface area contributed by atoms with E-state index < -0.39 is 0 Å². The quantitative estimate of drug-likeness (QED) is 0.585. The van der Waals surface area contributed by atoms with E-state index in [2.05, 4.69) is 19.6 Å². The molecule has 0 bridgehead atoms. The summed E-state index contributed by atoms with van der Waals surface area (Å²) in [6.07, 6.45) is 1.38. The molecule has 1 aliphatic heterocycles. The van der Waals surface area contributed by atoms with Gasteiger partial charge in [-0.15, -0.1) is 0 Å². The zero-order valence-corrected chi connectivity index (χ0v) is 19.4. The number of nitrogens with zero attached hydrogens (tertiary/aromatic N) is 4. The first kappa shape index (κ1) is 22.8. The molecule has 1 aliphatic rings. The maximum atomic E-state index is 13.1. The zero-order chi connectivity index (χ0) is 23.2. The minimum absolute atomic E-state index is 0.172. The van der Waals surface area contributed by atoms with Crippen LogP contribution in [-0.4, -0.2) is 60.7 Å². The van der Waals surface area contributed by atoms with Gasteiger partial charge in [-0.05, 0) is 36.2 Å². The van der Waals surface area contributed by atoms with E-state index in [0.29, 0.717) is 49.1 Å². The van der Waals surface area contributed by atoms with Gasteiger partial charge in [0, 0.05) is 50.2 Å². The van der Waals surface area contributed by atoms with Crippen molar-refractivity contribution in [3.63, 3.8) is 0 Å². The van der Waals surface area contributed by atoms with Gasteiger partial charge in [0.2, 0.25) is 5.13 Å². The molecule has 0 spiro atoms. The Morgan fingerprint density at radius 3 is 2.67 bits per heavy atom. The van der Waals surface area contributed by atoms with E-state index in [1.54, 1.807) is 49.5 Å². The van der Waals surface area contributed by atoms with Gasteiger partial charge in [-0.3, -0.25) is 0 Å². The zero-order valence-electron chi connectivity index (χ0n) is 18.6. The van der Waals surface area contributed by atoms with Crippen LogP contribution in [0, 0.1) is 5.82 Å². The Hall–Kier alpha value is -3.40. The second-order valence-corrected chi connectivity index (χ2v) is 8.35. The SMILES string of the molecule is COc1ccc(NC(=O)N2CCCN(c3nc(Cc4ccc(F)cc4)ns3)CC2)c(OC)c1. The van der Waals surface area contributed by atoms with E-state index in [4.69, 9.17) is 9.47 Å². The number of hydrogen-bond donors (Lipinski definition) is 1. The average Bonchev–Trinajstić information content (AvgIpc) is 3.15. The Labute approximate surface area is 196 Å². The number of aromatic nitrogens is 2. The van der Waals surface area contributed by atoms with Gasteiger partial charge in [-0.25, -0.2) is 14.2 Å². The first-order valence-corrected chi connectivity index (χ1v) is 11.4. The van der Waals surface area contributed by atoms with Crippen LogP contribution in [0.4, 0.5) is 20.0 Å². The van der Waals surface area contributed by atoms with E-state index in [1.807, 2.05) is 0 Å². The number of anilines is 2. The maximum Gasteiger partial charge on any atom is 0.322 e. The number of halogens is 1. The van der Waals surface area contributed by atoms with Crippen molar-refractivity contribution in [2.24, 2.45) is 0 Å². The largest absolute Gasteiger partial charge is 0.497 e. The Bertz CT molecular complexity index is 1090. The summed E-state index contributed by atoms with van der Waals surface area (Å²) in [7, 11) is 3.14. The number of benzene rings is 2. The molecule has 1 fully saturated rings. The topological polar surface area (TPSA) is 79.8 Å². The summed E-state index contributed by atoms with van der Waals surface area (Å²) in [6.45, 7) is 2.67. The monoisotopic (exact) mass is 471 g/mol. The van der Waals surface area contributed by atoms with Gasteiger partial charge in [0.1, 0.15) is 23.1 Å². The van der Waals surface area contributed by atoms with Gasteiger partial charge in [-0.1, -0.05) is 12.1 Å². The van der Waals surface area contributed by atoms with Gasteiger partial charge in [0.25, 0.3) is 0 Å². The fourth-order valence-electron chi connectivity index (χ4n) is 3.64. The number of urea groups is 1. The number of carbonyl (C=O) groups is 1. The third kappa shape index (κ3) is 5.70. The number of rotatable bonds is 6. The van der Waals surface area contributed by atoms with Crippen LogP contribution in [0.3, 0.4) is 0 Å². The molecular weight excluding hydrogens is 445 g/mol. The minimum Gasteiger partial charge on any atom is -0.497 e. The number of nitrogens with one attached hydrogen (secondary N) is 1. The van der Waals surface area contributed by atoms with Gasteiger partial charge >= 0.3 is 6.03 Å². The summed E-state index contributed by atoms with van der Waals surface area (Å²) in [5, 5.41) is 3.78. The predicted octanol–water partition coefficient (Wildman–Crippen LogP) is 4.03. The predicted molar refractivity (Wildman–Crippen MR) is 126 cm³/mol. The standard InChI is InChI=1S/C23H26FN5O3S/c1-31-18-8-9-19(20(15-18)32-2)25-22(30)28-10-3-11-29(13-12-28)23-26-21(27-33-23)14-16-4-6-17(24)7-5-16/h4-9,15H,3,10-14H2,1-2H3,(H,25,30). The molecule has 0 aliphatic carbocycles.